The van der Waals surface area contributed by atoms with E-state index < -0.39 is 0 Å². The van der Waals surface area contributed by atoms with Crippen LogP contribution in [0, 0.1) is 7.43 Å². The van der Waals surface area contributed by atoms with Crippen LogP contribution in [0.25, 0.3) is 0 Å². The summed E-state index contributed by atoms with van der Waals surface area (Å²) >= 11 is 0. The zero-order valence-electron chi connectivity index (χ0n) is 5.94. The van der Waals surface area contributed by atoms with E-state index in [0.717, 1.165) is 12.0 Å². The Hall–Kier alpha value is 0.616. The van der Waals surface area contributed by atoms with Gasteiger partial charge in [-0.15, -0.1) is 12.2 Å². The molecule has 1 nitrogen and oxygen atoms in total. The van der Waals surface area contributed by atoms with Crippen LogP contribution in [-0.2, 0) is 21.6 Å². The molecule has 0 spiro atoms. The third-order valence-corrected chi connectivity index (χ3v) is 0.902. The molecule has 1 aliphatic carbocycles. The monoisotopic (exact) mass is 325 g/mol. The quantitative estimate of drug-likeness (QED) is 0.444. The zero-order valence-corrected chi connectivity index (χ0v) is 10.1. The van der Waals surface area contributed by atoms with Gasteiger partial charge in [0.1, 0.15) is 0 Å². The van der Waals surface area contributed by atoms with Gasteiger partial charge in [-0.2, -0.15) is 5.57 Å². The maximum Gasteiger partial charge on any atom is 2.00 e. The van der Waals surface area contributed by atoms with E-state index >= 15 is 0 Å². The summed E-state index contributed by atoms with van der Waals surface area (Å²) in [5, 5.41) is 0. The maximum atomic E-state index is 9.77. The van der Waals surface area contributed by atoms with Crippen LogP contribution in [0.4, 0.5) is 0 Å². The normalized spacial score (nSPS) is 10.7. The Morgan fingerprint density at radius 1 is 1.36 bits per heavy atom. The fourth-order valence-corrected chi connectivity index (χ4v) is 0.523. The van der Waals surface area contributed by atoms with Gasteiger partial charge in [0.25, 0.3) is 0 Å². The van der Waals surface area contributed by atoms with Crippen LogP contribution < -0.4 is 34.0 Å². The van der Waals surface area contributed by atoms with E-state index in [1.165, 1.54) is 0 Å². The van der Waals surface area contributed by atoms with Crippen molar-refractivity contribution < 1.29 is 55.5 Å². The van der Waals surface area contributed by atoms with Crippen LogP contribution in [0.1, 0.15) is 6.42 Å². The molecule has 1 radical (unpaired) electrons. The Balaban J connectivity index is -0.0000000612. The largest absolute Gasteiger partial charge is 2.00 e. The molecule has 11 heavy (non-hydrogen) atoms. The molecule has 0 heterocycles. The number of hydrogen-bond donors (Lipinski definition) is 0. The number of carbonyl (C=O) groups excluding carboxylic acids is 1. The summed E-state index contributed by atoms with van der Waals surface area (Å²) in [6.45, 7) is 0. The first-order valence-electron chi connectivity index (χ1n) is 2.17. The van der Waals surface area contributed by atoms with Crippen molar-refractivity contribution in [2.45, 2.75) is 6.42 Å². The molecule has 0 aromatic carbocycles. The SMILES string of the molecule is O=[C-]C1=CC=CC1.[Br-].[Br-].[CH3-].[Co+2]. The molecule has 0 amide bonds. The predicted molar refractivity (Wildman–Crippen MR) is 33.9 cm³/mol. The Kier molecular flexibility index (Phi) is 27.1. The number of rotatable bonds is 1. The van der Waals surface area contributed by atoms with Gasteiger partial charge in [-0.25, -0.2) is 6.08 Å². The minimum absolute atomic E-state index is 0. The van der Waals surface area contributed by atoms with Crippen LogP contribution in [-0.4, -0.2) is 6.29 Å². The summed E-state index contributed by atoms with van der Waals surface area (Å²) in [4.78, 5) is 9.77. The second-order valence-corrected chi connectivity index (χ2v) is 1.43. The number of hydrogen-bond acceptors (Lipinski definition) is 1. The van der Waals surface area contributed by atoms with Gasteiger partial charge in [-0.1, -0.05) is 0 Å². The molecule has 0 fully saturated rings. The van der Waals surface area contributed by atoms with Crippen molar-refractivity contribution in [1.29, 1.82) is 0 Å². The Morgan fingerprint density at radius 3 is 2.09 bits per heavy atom. The van der Waals surface area contributed by atoms with Gasteiger partial charge < -0.3 is 46.2 Å². The van der Waals surface area contributed by atoms with Crippen molar-refractivity contribution in [3.05, 3.63) is 31.2 Å². The summed E-state index contributed by atoms with van der Waals surface area (Å²) in [5.74, 6) is 0. The van der Waals surface area contributed by atoms with Crippen LogP contribution >= 0.6 is 0 Å². The van der Waals surface area contributed by atoms with Crippen LogP contribution in [0.2, 0.25) is 0 Å². The first-order chi connectivity index (χ1) is 3.43. The second kappa shape index (κ2) is 13.2. The topological polar surface area (TPSA) is 17.1 Å². The fourth-order valence-electron chi connectivity index (χ4n) is 0.523. The molecule has 67 valence electrons. The Labute approximate surface area is 99.1 Å². The van der Waals surface area contributed by atoms with Crippen LogP contribution in [0.15, 0.2) is 23.8 Å². The molecule has 1 aliphatic rings. The number of halogens is 2. The van der Waals surface area contributed by atoms with Crippen molar-refractivity contribution in [3.8, 4) is 0 Å². The van der Waals surface area contributed by atoms with Gasteiger partial charge in [0.15, 0.2) is 0 Å². The average Bonchev–Trinajstić information content (AvgIpc) is 2.14. The molecule has 0 bridgehead atoms. The molecule has 1 rings (SSSR count). The molecule has 4 heteroatoms. The van der Waals surface area contributed by atoms with E-state index in [-0.39, 0.29) is 58.2 Å². The molecule has 0 unspecified atom stereocenters. The van der Waals surface area contributed by atoms with E-state index in [4.69, 9.17) is 0 Å². The van der Waals surface area contributed by atoms with E-state index in [1.807, 2.05) is 18.4 Å². The summed E-state index contributed by atoms with van der Waals surface area (Å²) < 4.78 is 0. The summed E-state index contributed by atoms with van der Waals surface area (Å²) in [6.07, 6.45) is 8.14. The smallest absolute Gasteiger partial charge is 1.00 e. The van der Waals surface area contributed by atoms with Gasteiger partial charge in [-0.05, 0) is 12.7 Å². The van der Waals surface area contributed by atoms with Crippen LogP contribution in [0.3, 0.4) is 0 Å². The molecule has 0 saturated heterocycles. The minimum Gasteiger partial charge on any atom is -1.00 e. The third kappa shape index (κ3) is 8.52. The summed E-state index contributed by atoms with van der Waals surface area (Å²) in [6, 6.07) is 0. The fraction of sp³-hybridized carbons (Fsp3) is 0.143. The zero-order chi connectivity index (χ0) is 5.11. The van der Waals surface area contributed by atoms with E-state index in [9.17, 15) is 4.79 Å². The first kappa shape index (κ1) is 22.6. The predicted octanol–water partition coefficient (Wildman–Crippen LogP) is -4.56. The maximum absolute atomic E-state index is 9.77. The van der Waals surface area contributed by atoms with Crippen molar-refractivity contribution in [1.82, 2.24) is 0 Å². The number of allylic oxidation sites excluding steroid dienone is 4. The average molecular weight is 327 g/mol. The van der Waals surface area contributed by atoms with E-state index in [1.54, 1.807) is 6.08 Å². The molecule has 0 aromatic rings. The standard InChI is InChI=1S/C6H5O.CH3.2BrH.Co/c7-5-6-3-1-2-4-6;;;;/h1-3H,4H2;1H3;2*1H;/q2*-1;;;+2/p-2. The summed E-state index contributed by atoms with van der Waals surface area (Å²) in [5.41, 5.74) is 0.750. The molecule has 0 N–H and O–H groups in total. The first-order valence-corrected chi connectivity index (χ1v) is 2.17. The Morgan fingerprint density at radius 2 is 1.91 bits per heavy atom. The Bertz CT molecular complexity index is 143. The molecular weight excluding hydrogens is 319 g/mol. The summed E-state index contributed by atoms with van der Waals surface area (Å²) in [7, 11) is 0. The second-order valence-electron chi connectivity index (χ2n) is 1.43. The van der Waals surface area contributed by atoms with Gasteiger partial charge >= 0.3 is 16.8 Å². The van der Waals surface area contributed by atoms with E-state index in [0.29, 0.717) is 0 Å². The van der Waals surface area contributed by atoms with Crippen molar-refractivity contribution >= 4 is 6.29 Å². The van der Waals surface area contributed by atoms with Crippen molar-refractivity contribution in [3.63, 3.8) is 0 Å². The van der Waals surface area contributed by atoms with Gasteiger partial charge in [-0.3, -0.25) is 0 Å². The van der Waals surface area contributed by atoms with Crippen molar-refractivity contribution in [2.24, 2.45) is 0 Å². The minimum atomic E-state index is 0. The van der Waals surface area contributed by atoms with Gasteiger partial charge in [0, 0.05) is 0 Å². The van der Waals surface area contributed by atoms with E-state index in [2.05, 4.69) is 0 Å². The molecule has 0 atom stereocenters. The molecular formula is C7H8Br2CoO-2. The van der Waals surface area contributed by atoms with Gasteiger partial charge in [0.2, 0.25) is 0 Å². The van der Waals surface area contributed by atoms with Gasteiger partial charge in [0.05, 0.1) is 0 Å². The third-order valence-electron chi connectivity index (χ3n) is 0.902. The van der Waals surface area contributed by atoms with Crippen LogP contribution in [0.5, 0.6) is 0 Å². The van der Waals surface area contributed by atoms with Crippen molar-refractivity contribution in [2.75, 3.05) is 0 Å². The molecule has 0 aliphatic heterocycles. The molecule has 0 aromatic heterocycles. The molecule has 0 saturated carbocycles.